The number of urea groups is 1. The molecular formula is C26H24N4O3. The molecule has 7 heteroatoms. The molecule has 1 aliphatic rings. The standard InChI is InChI=1S/C26H24N4O3/c1-33-24-8-3-6-20(16-24)18-29-13-4-14-30(26(29)32)23-11-9-22(10-12-23)28-25(31)21-7-2-5-19(15-21)17-27/h2-3,5-12,15-16H,4,13-14,18H2,1H3,(H,28,31). The van der Waals surface area contributed by atoms with E-state index in [0.717, 1.165) is 23.4 Å². The fourth-order valence-corrected chi connectivity index (χ4v) is 3.82. The molecule has 0 spiro atoms. The monoisotopic (exact) mass is 440 g/mol. The largest absolute Gasteiger partial charge is 0.497 e. The number of hydrogen-bond donors (Lipinski definition) is 1. The molecule has 1 saturated heterocycles. The number of carbonyl (C=O) groups excluding carboxylic acids is 2. The van der Waals surface area contributed by atoms with Gasteiger partial charge in [-0.1, -0.05) is 18.2 Å². The van der Waals surface area contributed by atoms with Gasteiger partial charge in [-0.15, -0.1) is 0 Å². The fraction of sp³-hybridized carbons (Fsp3) is 0.192. The molecule has 3 aromatic carbocycles. The van der Waals surface area contributed by atoms with Crippen LogP contribution in [-0.4, -0.2) is 37.0 Å². The molecule has 3 aromatic rings. The van der Waals surface area contributed by atoms with Crippen molar-refractivity contribution in [2.24, 2.45) is 0 Å². The number of hydrogen-bond acceptors (Lipinski definition) is 4. The second-order valence-corrected chi connectivity index (χ2v) is 7.75. The molecule has 1 fully saturated rings. The number of nitriles is 1. The number of ether oxygens (including phenoxy) is 1. The Morgan fingerprint density at radius 1 is 1.06 bits per heavy atom. The normalized spacial score (nSPS) is 13.4. The fourth-order valence-electron chi connectivity index (χ4n) is 3.82. The molecule has 0 radical (unpaired) electrons. The Balaban J connectivity index is 1.42. The summed E-state index contributed by atoms with van der Waals surface area (Å²) in [5.74, 6) is 0.476. The van der Waals surface area contributed by atoms with E-state index in [1.165, 1.54) is 0 Å². The van der Waals surface area contributed by atoms with Gasteiger partial charge in [0.15, 0.2) is 0 Å². The zero-order valence-electron chi connectivity index (χ0n) is 18.3. The van der Waals surface area contributed by atoms with Crippen molar-refractivity contribution in [2.75, 3.05) is 30.4 Å². The summed E-state index contributed by atoms with van der Waals surface area (Å²) in [5.41, 5.74) is 3.25. The Kier molecular flexibility index (Phi) is 6.56. The first-order chi connectivity index (χ1) is 16.1. The Hall–Kier alpha value is -4.31. The van der Waals surface area contributed by atoms with Crippen molar-refractivity contribution in [2.45, 2.75) is 13.0 Å². The maximum Gasteiger partial charge on any atom is 0.324 e. The van der Waals surface area contributed by atoms with E-state index in [-0.39, 0.29) is 11.9 Å². The van der Waals surface area contributed by atoms with Crippen LogP contribution in [-0.2, 0) is 6.54 Å². The molecular weight excluding hydrogens is 416 g/mol. The Labute approximate surface area is 192 Å². The van der Waals surface area contributed by atoms with Crippen molar-refractivity contribution in [3.8, 4) is 11.8 Å². The minimum atomic E-state index is -0.293. The van der Waals surface area contributed by atoms with Gasteiger partial charge in [-0.05, 0) is 66.6 Å². The van der Waals surface area contributed by atoms with Crippen LogP contribution in [0.1, 0.15) is 27.9 Å². The third-order valence-electron chi connectivity index (χ3n) is 5.51. The average Bonchev–Trinajstić information content (AvgIpc) is 2.86. The first kappa shape index (κ1) is 21.9. The second kappa shape index (κ2) is 9.88. The van der Waals surface area contributed by atoms with Crippen LogP contribution in [0.3, 0.4) is 0 Å². The number of rotatable bonds is 6. The predicted octanol–water partition coefficient (Wildman–Crippen LogP) is 4.65. The molecule has 0 bridgehead atoms. The van der Waals surface area contributed by atoms with Crippen molar-refractivity contribution in [1.29, 1.82) is 5.26 Å². The van der Waals surface area contributed by atoms with Crippen molar-refractivity contribution in [3.05, 3.63) is 89.5 Å². The molecule has 1 heterocycles. The predicted molar refractivity (Wildman–Crippen MR) is 126 cm³/mol. The van der Waals surface area contributed by atoms with Crippen LogP contribution in [0.15, 0.2) is 72.8 Å². The highest BCUT2D eigenvalue weighted by molar-refractivity contribution is 6.04. The molecule has 0 aliphatic carbocycles. The Morgan fingerprint density at radius 2 is 1.85 bits per heavy atom. The molecule has 0 unspecified atom stereocenters. The lowest BCUT2D eigenvalue weighted by Gasteiger charge is -2.35. The molecule has 0 saturated carbocycles. The molecule has 0 aromatic heterocycles. The van der Waals surface area contributed by atoms with Crippen LogP contribution in [0.5, 0.6) is 5.75 Å². The summed E-state index contributed by atoms with van der Waals surface area (Å²) >= 11 is 0. The van der Waals surface area contributed by atoms with Gasteiger partial charge < -0.3 is 15.0 Å². The Morgan fingerprint density at radius 3 is 2.61 bits per heavy atom. The summed E-state index contributed by atoms with van der Waals surface area (Å²) in [7, 11) is 1.63. The smallest absolute Gasteiger partial charge is 0.324 e. The minimum absolute atomic E-state index is 0.0471. The molecule has 166 valence electrons. The van der Waals surface area contributed by atoms with Crippen molar-refractivity contribution in [1.82, 2.24) is 4.90 Å². The summed E-state index contributed by atoms with van der Waals surface area (Å²) in [6.45, 7) is 1.85. The van der Waals surface area contributed by atoms with Gasteiger partial charge in [0.2, 0.25) is 0 Å². The van der Waals surface area contributed by atoms with Crippen LogP contribution in [0.4, 0.5) is 16.2 Å². The molecule has 3 amide bonds. The van der Waals surface area contributed by atoms with Gasteiger partial charge in [-0.25, -0.2) is 4.79 Å². The lowest BCUT2D eigenvalue weighted by atomic mass is 10.1. The molecule has 1 N–H and O–H groups in total. The van der Waals surface area contributed by atoms with Gasteiger partial charge in [0.1, 0.15) is 5.75 Å². The summed E-state index contributed by atoms with van der Waals surface area (Å²) in [6.07, 6.45) is 0.865. The number of nitrogens with one attached hydrogen (secondary N) is 1. The summed E-state index contributed by atoms with van der Waals surface area (Å²) < 4.78 is 5.28. The number of nitrogens with zero attached hydrogens (tertiary/aromatic N) is 3. The highest BCUT2D eigenvalue weighted by Gasteiger charge is 2.26. The van der Waals surface area contributed by atoms with Gasteiger partial charge in [0.25, 0.3) is 5.91 Å². The average molecular weight is 441 g/mol. The molecule has 33 heavy (non-hydrogen) atoms. The zero-order valence-corrected chi connectivity index (χ0v) is 18.3. The van der Waals surface area contributed by atoms with E-state index >= 15 is 0 Å². The first-order valence-electron chi connectivity index (χ1n) is 10.7. The van der Waals surface area contributed by atoms with Gasteiger partial charge in [-0.3, -0.25) is 9.69 Å². The van der Waals surface area contributed by atoms with E-state index in [1.54, 1.807) is 48.4 Å². The highest BCUT2D eigenvalue weighted by atomic mass is 16.5. The maximum absolute atomic E-state index is 13.1. The quantitative estimate of drug-likeness (QED) is 0.605. The van der Waals surface area contributed by atoms with Gasteiger partial charge in [0, 0.05) is 36.6 Å². The molecule has 7 nitrogen and oxygen atoms in total. The van der Waals surface area contributed by atoms with E-state index in [1.807, 2.05) is 47.4 Å². The third-order valence-corrected chi connectivity index (χ3v) is 5.51. The lowest BCUT2D eigenvalue weighted by molar-refractivity contribution is 0.102. The van der Waals surface area contributed by atoms with Crippen LogP contribution in [0.2, 0.25) is 0 Å². The number of anilines is 2. The topological polar surface area (TPSA) is 85.7 Å². The molecule has 0 atom stereocenters. The van der Waals surface area contributed by atoms with Crippen molar-refractivity contribution < 1.29 is 14.3 Å². The summed E-state index contributed by atoms with van der Waals surface area (Å²) in [5, 5.41) is 11.8. The SMILES string of the molecule is COc1cccc(CN2CCCN(c3ccc(NC(=O)c4cccc(C#N)c4)cc3)C2=O)c1. The zero-order chi connectivity index (χ0) is 23.2. The van der Waals surface area contributed by atoms with Gasteiger partial charge in [-0.2, -0.15) is 5.26 Å². The number of benzene rings is 3. The van der Waals surface area contributed by atoms with E-state index in [9.17, 15) is 9.59 Å². The van der Waals surface area contributed by atoms with E-state index < -0.39 is 0 Å². The van der Waals surface area contributed by atoms with Crippen LogP contribution < -0.4 is 15.0 Å². The Bertz CT molecular complexity index is 1200. The first-order valence-corrected chi connectivity index (χ1v) is 10.7. The van der Waals surface area contributed by atoms with Crippen molar-refractivity contribution >= 4 is 23.3 Å². The molecule has 1 aliphatic heterocycles. The summed E-state index contributed by atoms with van der Waals surface area (Å²) in [4.78, 5) is 29.2. The number of methoxy groups -OCH3 is 1. The van der Waals surface area contributed by atoms with Gasteiger partial charge in [0.05, 0.1) is 18.7 Å². The lowest BCUT2D eigenvalue weighted by Crippen LogP contribution is -2.49. The number of carbonyl (C=O) groups is 2. The highest BCUT2D eigenvalue weighted by Crippen LogP contribution is 2.24. The maximum atomic E-state index is 13.1. The van der Waals surface area contributed by atoms with E-state index in [2.05, 4.69) is 5.32 Å². The van der Waals surface area contributed by atoms with E-state index in [0.29, 0.717) is 36.4 Å². The van der Waals surface area contributed by atoms with Crippen LogP contribution in [0, 0.1) is 11.3 Å². The van der Waals surface area contributed by atoms with Crippen molar-refractivity contribution in [3.63, 3.8) is 0 Å². The van der Waals surface area contributed by atoms with Gasteiger partial charge >= 0.3 is 6.03 Å². The minimum Gasteiger partial charge on any atom is -0.497 e. The summed E-state index contributed by atoms with van der Waals surface area (Å²) in [6, 6.07) is 23.5. The van der Waals surface area contributed by atoms with Crippen LogP contribution in [0.25, 0.3) is 0 Å². The molecule has 4 rings (SSSR count). The number of amides is 3. The van der Waals surface area contributed by atoms with E-state index in [4.69, 9.17) is 10.00 Å². The second-order valence-electron chi connectivity index (χ2n) is 7.75. The third kappa shape index (κ3) is 5.13. The van der Waals surface area contributed by atoms with Crippen LogP contribution >= 0.6 is 0 Å².